The van der Waals surface area contributed by atoms with Gasteiger partial charge < -0.3 is 9.47 Å². The van der Waals surface area contributed by atoms with Gasteiger partial charge in [0.25, 0.3) is 0 Å². The quantitative estimate of drug-likeness (QED) is 0.737. The van der Waals surface area contributed by atoms with Gasteiger partial charge in [-0.25, -0.2) is 0 Å². The minimum Gasteiger partial charge on any atom is -0.357 e. The maximum atomic E-state index is 12.0. The Bertz CT molecular complexity index is 461. The molecule has 104 valence electrons. The molecule has 0 bridgehead atoms. The van der Waals surface area contributed by atoms with Crippen LogP contribution < -0.4 is 0 Å². The number of hydrogen-bond acceptors (Lipinski definition) is 3. The van der Waals surface area contributed by atoms with Gasteiger partial charge in [-0.05, 0) is 26.0 Å². The Morgan fingerprint density at radius 2 is 1.95 bits per heavy atom. The summed E-state index contributed by atoms with van der Waals surface area (Å²) in [5.74, 6) is 0.179. The van der Waals surface area contributed by atoms with Crippen LogP contribution in [0.15, 0.2) is 18.5 Å². The monoisotopic (exact) mass is 263 g/mol. The van der Waals surface area contributed by atoms with E-state index >= 15 is 0 Å². The molecule has 0 aromatic carbocycles. The topological polar surface area (TPSA) is 45.6 Å². The number of nitrogens with zero attached hydrogens (tertiary/aromatic N) is 3. The van der Waals surface area contributed by atoms with Gasteiger partial charge in [-0.3, -0.25) is 14.5 Å². The van der Waals surface area contributed by atoms with Crippen molar-refractivity contribution in [2.24, 2.45) is 7.05 Å². The first-order chi connectivity index (χ1) is 9.06. The lowest BCUT2D eigenvalue weighted by Crippen LogP contribution is -2.39. The van der Waals surface area contributed by atoms with Gasteiger partial charge in [0.15, 0.2) is 5.78 Å². The minimum atomic E-state index is 0.0531. The first-order valence-electron chi connectivity index (χ1n) is 6.68. The smallest absolute Gasteiger partial charge is 0.236 e. The van der Waals surface area contributed by atoms with E-state index < -0.39 is 0 Å². The molecule has 5 nitrogen and oxygen atoms in total. The molecule has 2 heterocycles. The van der Waals surface area contributed by atoms with E-state index in [1.807, 2.05) is 29.8 Å². The Morgan fingerprint density at radius 3 is 2.53 bits per heavy atom. The fraction of sp³-hybridized carbons (Fsp3) is 0.571. The van der Waals surface area contributed by atoms with E-state index in [-0.39, 0.29) is 18.2 Å². The molecule has 1 aromatic heterocycles. The molecule has 1 saturated heterocycles. The Kier molecular flexibility index (Phi) is 4.37. The molecule has 0 unspecified atom stereocenters. The molecule has 1 fully saturated rings. The molecule has 1 aliphatic rings. The molecule has 2 rings (SSSR count). The number of hydrogen-bond donors (Lipinski definition) is 0. The summed E-state index contributed by atoms with van der Waals surface area (Å²) < 4.78 is 1.85. The summed E-state index contributed by atoms with van der Waals surface area (Å²) in [6.45, 7) is 2.32. The Morgan fingerprint density at radius 1 is 1.26 bits per heavy atom. The zero-order valence-electron chi connectivity index (χ0n) is 11.6. The number of carbonyl (C=O) groups excluding carboxylic acids is 2. The maximum absolute atomic E-state index is 12.0. The fourth-order valence-corrected chi connectivity index (χ4v) is 2.36. The summed E-state index contributed by atoms with van der Waals surface area (Å²) in [7, 11) is 3.70. The highest BCUT2D eigenvalue weighted by molar-refractivity contribution is 5.97. The third-order valence-corrected chi connectivity index (χ3v) is 3.43. The third-order valence-electron chi connectivity index (χ3n) is 3.43. The van der Waals surface area contributed by atoms with Gasteiger partial charge >= 0.3 is 0 Å². The number of aromatic nitrogens is 1. The van der Waals surface area contributed by atoms with Crippen molar-refractivity contribution in [2.75, 3.05) is 33.2 Å². The lowest BCUT2D eigenvalue weighted by molar-refractivity contribution is -0.130. The van der Waals surface area contributed by atoms with Crippen molar-refractivity contribution in [3.05, 3.63) is 24.0 Å². The highest BCUT2D eigenvalue weighted by Crippen LogP contribution is 2.08. The second-order valence-corrected chi connectivity index (χ2v) is 5.25. The van der Waals surface area contributed by atoms with Crippen LogP contribution in [0.4, 0.5) is 0 Å². The number of Topliss-reactive ketones (excluding diaryl/α,β-unsaturated/α-hetero) is 1. The maximum Gasteiger partial charge on any atom is 0.236 e. The van der Waals surface area contributed by atoms with E-state index in [0.717, 1.165) is 25.9 Å². The second-order valence-electron chi connectivity index (χ2n) is 5.25. The zero-order valence-corrected chi connectivity index (χ0v) is 11.6. The zero-order chi connectivity index (χ0) is 13.8. The van der Waals surface area contributed by atoms with Gasteiger partial charge in [0.1, 0.15) is 0 Å². The molecule has 0 N–H and O–H groups in total. The lowest BCUT2D eigenvalue weighted by atomic mass is 10.2. The Hall–Kier alpha value is -1.62. The summed E-state index contributed by atoms with van der Waals surface area (Å²) in [6, 6.07) is 1.80. The van der Waals surface area contributed by atoms with Gasteiger partial charge in [0.2, 0.25) is 5.91 Å². The van der Waals surface area contributed by atoms with Crippen molar-refractivity contribution >= 4 is 11.7 Å². The normalized spacial score (nSPS) is 15.2. The molecule has 0 radical (unpaired) electrons. The van der Waals surface area contributed by atoms with Crippen LogP contribution in [-0.4, -0.2) is 59.3 Å². The highest BCUT2D eigenvalue weighted by atomic mass is 16.2. The summed E-state index contributed by atoms with van der Waals surface area (Å²) in [6.07, 6.45) is 5.85. The minimum absolute atomic E-state index is 0.0531. The van der Waals surface area contributed by atoms with Crippen molar-refractivity contribution in [1.82, 2.24) is 14.4 Å². The molecule has 1 aromatic rings. The van der Waals surface area contributed by atoms with Crippen LogP contribution >= 0.6 is 0 Å². The van der Waals surface area contributed by atoms with E-state index in [1.54, 1.807) is 17.2 Å². The highest BCUT2D eigenvalue weighted by Gasteiger charge is 2.20. The van der Waals surface area contributed by atoms with Gasteiger partial charge in [-0.1, -0.05) is 0 Å². The second kappa shape index (κ2) is 6.02. The van der Waals surface area contributed by atoms with Crippen LogP contribution in [0.3, 0.4) is 0 Å². The van der Waals surface area contributed by atoms with E-state index in [2.05, 4.69) is 0 Å². The molecule has 1 aliphatic heterocycles. The molecular formula is C14H21N3O2. The van der Waals surface area contributed by atoms with Crippen LogP contribution in [-0.2, 0) is 11.8 Å². The average Bonchev–Trinajstić information content (AvgIpc) is 2.98. The molecule has 19 heavy (non-hydrogen) atoms. The summed E-state index contributed by atoms with van der Waals surface area (Å²) in [5.41, 5.74) is 0.697. The number of ketones is 1. The first-order valence-corrected chi connectivity index (χ1v) is 6.68. The SMILES string of the molecule is CN(CC(=O)c1ccn(C)c1)CC(=O)N1CCCC1. The van der Waals surface area contributed by atoms with Crippen LogP contribution in [0, 0.1) is 0 Å². The predicted octanol–water partition coefficient (Wildman–Crippen LogP) is 0.762. The van der Waals surface area contributed by atoms with E-state index in [4.69, 9.17) is 0 Å². The summed E-state index contributed by atoms with van der Waals surface area (Å²) in [4.78, 5) is 27.6. The van der Waals surface area contributed by atoms with Crippen molar-refractivity contribution in [1.29, 1.82) is 0 Å². The van der Waals surface area contributed by atoms with Crippen LogP contribution in [0.25, 0.3) is 0 Å². The molecule has 0 spiro atoms. The van der Waals surface area contributed by atoms with Gasteiger partial charge in [-0.15, -0.1) is 0 Å². The molecular weight excluding hydrogens is 242 g/mol. The number of carbonyl (C=O) groups is 2. The molecule has 0 aliphatic carbocycles. The van der Waals surface area contributed by atoms with Crippen molar-refractivity contribution < 1.29 is 9.59 Å². The summed E-state index contributed by atoms with van der Waals surface area (Å²) in [5, 5.41) is 0. The predicted molar refractivity (Wildman–Crippen MR) is 73.1 cm³/mol. The van der Waals surface area contributed by atoms with E-state index in [1.165, 1.54) is 0 Å². The molecule has 1 amide bonds. The number of rotatable bonds is 5. The van der Waals surface area contributed by atoms with Crippen molar-refractivity contribution in [3.63, 3.8) is 0 Å². The first kappa shape index (κ1) is 13.8. The lowest BCUT2D eigenvalue weighted by Gasteiger charge is -2.20. The van der Waals surface area contributed by atoms with Gasteiger partial charge in [0.05, 0.1) is 13.1 Å². The van der Waals surface area contributed by atoms with Crippen LogP contribution in [0.1, 0.15) is 23.2 Å². The third kappa shape index (κ3) is 3.67. The number of aryl methyl sites for hydroxylation is 1. The van der Waals surface area contributed by atoms with Crippen molar-refractivity contribution in [3.8, 4) is 0 Å². The molecule has 0 atom stereocenters. The van der Waals surface area contributed by atoms with Gasteiger partial charge in [0, 0.05) is 38.1 Å². The van der Waals surface area contributed by atoms with Crippen LogP contribution in [0.5, 0.6) is 0 Å². The number of likely N-dealkylation sites (tertiary alicyclic amines) is 1. The Balaban J connectivity index is 1.82. The average molecular weight is 263 g/mol. The Labute approximate surface area is 113 Å². The largest absolute Gasteiger partial charge is 0.357 e. The summed E-state index contributed by atoms with van der Waals surface area (Å²) >= 11 is 0. The molecule has 0 saturated carbocycles. The number of amides is 1. The molecule has 5 heteroatoms. The van der Waals surface area contributed by atoms with E-state index in [0.29, 0.717) is 12.1 Å². The fourth-order valence-electron chi connectivity index (χ4n) is 2.36. The van der Waals surface area contributed by atoms with Crippen LogP contribution in [0.2, 0.25) is 0 Å². The van der Waals surface area contributed by atoms with Gasteiger partial charge in [-0.2, -0.15) is 0 Å². The standard InChI is InChI=1S/C14H21N3O2/c1-15-8-5-12(9-15)13(18)10-16(2)11-14(19)17-6-3-4-7-17/h5,8-9H,3-4,6-7,10-11H2,1-2H3. The number of likely N-dealkylation sites (N-methyl/N-ethyl adjacent to an activating group) is 1. The van der Waals surface area contributed by atoms with E-state index in [9.17, 15) is 9.59 Å². The van der Waals surface area contributed by atoms with Crippen molar-refractivity contribution in [2.45, 2.75) is 12.8 Å².